The molecule has 0 saturated heterocycles. The third kappa shape index (κ3) is 5.89. The molecule has 0 spiro atoms. The highest BCUT2D eigenvalue weighted by Gasteiger charge is 2.34. The summed E-state index contributed by atoms with van der Waals surface area (Å²) in [6.45, 7) is 4.87. The van der Waals surface area contributed by atoms with Gasteiger partial charge < -0.3 is 18.9 Å². The van der Waals surface area contributed by atoms with Gasteiger partial charge in [0.05, 0.1) is 35.6 Å². The van der Waals surface area contributed by atoms with Crippen molar-refractivity contribution in [1.29, 1.82) is 0 Å². The normalized spacial score (nSPS) is 14.6. The summed E-state index contributed by atoms with van der Waals surface area (Å²) < 4.78 is 24.0. The molecule has 5 rings (SSSR count). The van der Waals surface area contributed by atoms with Crippen molar-refractivity contribution in [3.63, 3.8) is 0 Å². The van der Waals surface area contributed by atoms with E-state index in [1.54, 1.807) is 38.1 Å². The summed E-state index contributed by atoms with van der Waals surface area (Å²) in [4.78, 5) is 43.8. The lowest BCUT2D eigenvalue weighted by Gasteiger charge is -2.25. The molecule has 9 nitrogen and oxygen atoms in total. The number of ether oxygens (including phenoxy) is 4. The Morgan fingerprint density at radius 3 is 2.48 bits per heavy atom. The van der Waals surface area contributed by atoms with E-state index in [2.05, 4.69) is 4.99 Å². The average Bonchev–Trinajstić information content (AvgIpc) is 3.27. The number of carbonyl (C=O) groups is 2. The highest BCUT2D eigenvalue weighted by molar-refractivity contribution is 7.07. The molecule has 0 amide bonds. The fourth-order valence-electron chi connectivity index (χ4n) is 4.64. The van der Waals surface area contributed by atoms with Crippen molar-refractivity contribution in [2.75, 3.05) is 13.7 Å². The highest BCUT2D eigenvalue weighted by Crippen LogP contribution is 2.36. The Morgan fingerprint density at radius 1 is 1.00 bits per heavy atom. The van der Waals surface area contributed by atoms with Crippen molar-refractivity contribution in [2.45, 2.75) is 26.8 Å². The first-order valence-electron chi connectivity index (χ1n) is 13.2. The molecule has 42 heavy (non-hydrogen) atoms. The number of methoxy groups -OCH3 is 1. The summed E-state index contributed by atoms with van der Waals surface area (Å²) in [5, 5.41) is 0. The molecule has 4 aromatic rings. The molecule has 214 valence electrons. The van der Waals surface area contributed by atoms with E-state index >= 15 is 0 Å². The van der Waals surface area contributed by atoms with Gasteiger partial charge in [-0.1, -0.05) is 47.7 Å². The van der Waals surface area contributed by atoms with E-state index in [0.29, 0.717) is 32.1 Å². The minimum Gasteiger partial charge on any atom is -0.493 e. The van der Waals surface area contributed by atoms with Crippen LogP contribution in [-0.4, -0.2) is 30.2 Å². The van der Waals surface area contributed by atoms with Gasteiger partial charge in [-0.25, -0.2) is 9.79 Å². The predicted octanol–water partition coefficient (Wildman–Crippen LogP) is 4.52. The number of para-hydroxylation sites is 1. The van der Waals surface area contributed by atoms with Gasteiger partial charge in [-0.15, -0.1) is 0 Å². The number of hydrogen-bond donors (Lipinski definition) is 0. The van der Waals surface area contributed by atoms with Crippen molar-refractivity contribution in [1.82, 2.24) is 4.57 Å². The Hall–Kier alpha value is -4.96. The Bertz CT molecular complexity index is 1870. The first kappa shape index (κ1) is 28.6. The first-order valence-corrected chi connectivity index (χ1v) is 14.0. The lowest BCUT2D eigenvalue weighted by atomic mass is 9.95. The molecule has 0 aliphatic carbocycles. The van der Waals surface area contributed by atoms with Crippen molar-refractivity contribution in [3.8, 4) is 23.0 Å². The van der Waals surface area contributed by atoms with Crippen LogP contribution in [0.1, 0.15) is 37.9 Å². The number of hydrogen-bond acceptors (Lipinski definition) is 9. The fraction of sp³-hybridized carbons (Fsp3) is 0.188. The minimum absolute atomic E-state index is 0.156. The van der Waals surface area contributed by atoms with E-state index in [-0.39, 0.29) is 29.2 Å². The second-order valence-electron chi connectivity index (χ2n) is 9.29. The van der Waals surface area contributed by atoms with Crippen LogP contribution < -0.4 is 29.1 Å². The van der Waals surface area contributed by atoms with E-state index in [0.717, 1.165) is 5.56 Å². The van der Waals surface area contributed by atoms with Gasteiger partial charge in [0, 0.05) is 6.92 Å². The summed E-state index contributed by atoms with van der Waals surface area (Å²) in [7, 11) is 1.44. The lowest BCUT2D eigenvalue weighted by Crippen LogP contribution is -2.40. The number of thiazole rings is 1. The zero-order valence-electron chi connectivity index (χ0n) is 23.5. The van der Waals surface area contributed by atoms with Crippen LogP contribution in [0.4, 0.5) is 0 Å². The van der Waals surface area contributed by atoms with E-state index < -0.39 is 18.0 Å². The summed E-state index contributed by atoms with van der Waals surface area (Å²) in [6, 6.07) is 20.9. The highest BCUT2D eigenvalue weighted by atomic mass is 32.1. The number of benzene rings is 3. The molecule has 0 N–H and O–H groups in total. The van der Waals surface area contributed by atoms with Gasteiger partial charge in [-0.05, 0) is 67.4 Å². The van der Waals surface area contributed by atoms with E-state index in [9.17, 15) is 14.4 Å². The van der Waals surface area contributed by atoms with Crippen LogP contribution in [0.2, 0.25) is 0 Å². The van der Waals surface area contributed by atoms with Gasteiger partial charge in [-0.2, -0.15) is 0 Å². The minimum atomic E-state index is -0.851. The largest absolute Gasteiger partial charge is 0.493 e. The number of carbonyl (C=O) groups excluding carboxylic acids is 2. The summed E-state index contributed by atoms with van der Waals surface area (Å²) in [6.07, 6.45) is 1.77. The molecule has 0 saturated carbocycles. The second kappa shape index (κ2) is 12.3. The van der Waals surface area contributed by atoms with Crippen LogP contribution in [0, 0.1) is 0 Å². The van der Waals surface area contributed by atoms with Gasteiger partial charge in [0.2, 0.25) is 0 Å². The molecule has 0 bridgehead atoms. The quantitative estimate of drug-likeness (QED) is 0.221. The molecule has 2 heterocycles. The van der Waals surface area contributed by atoms with Crippen molar-refractivity contribution in [3.05, 3.63) is 115 Å². The Kier molecular flexibility index (Phi) is 8.35. The van der Waals surface area contributed by atoms with Crippen LogP contribution in [0.15, 0.2) is 93.9 Å². The summed E-state index contributed by atoms with van der Waals surface area (Å²) >= 11 is 1.22. The molecule has 1 aliphatic rings. The predicted molar refractivity (Wildman–Crippen MR) is 158 cm³/mol. The van der Waals surface area contributed by atoms with Gasteiger partial charge in [-0.3, -0.25) is 14.2 Å². The Balaban J connectivity index is 1.63. The standard InChI is InChI=1S/C32H28N2O7S/c1-5-39-31(37)28-19(2)33-32-34(29(28)22-14-15-25(40-20(3)35)26(18-22)38-4)30(36)27(42-32)17-21-10-9-13-24(16-21)41-23-11-7-6-8-12-23/h6-18,29H,5H2,1-4H3/b27-17+/t29-/m0/s1. The first-order chi connectivity index (χ1) is 20.3. The van der Waals surface area contributed by atoms with Gasteiger partial charge in [0.1, 0.15) is 11.5 Å². The number of rotatable bonds is 8. The molecule has 0 unspecified atom stereocenters. The SMILES string of the molecule is CCOC(=O)C1=C(C)N=c2s/c(=C/c3cccc(Oc4ccccc4)c3)c(=O)n2[C@H]1c1ccc(OC(C)=O)c(OC)c1. The molecule has 0 radical (unpaired) electrons. The van der Waals surface area contributed by atoms with E-state index in [4.69, 9.17) is 18.9 Å². The smallest absolute Gasteiger partial charge is 0.338 e. The van der Waals surface area contributed by atoms with E-state index in [1.165, 1.54) is 29.9 Å². The Morgan fingerprint density at radius 2 is 1.76 bits per heavy atom. The van der Waals surface area contributed by atoms with Crippen molar-refractivity contribution >= 4 is 29.4 Å². The molecule has 0 fully saturated rings. The maximum atomic E-state index is 14.0. The zero-order chi connectivity index (χ0) is 29.8. The molecule has 3 aromatic carbocycles. The van der Waals surface area contributed by atoms with Crippen LogP contribution >= 0.6 is 11.3 Å². The molecule has 1 aliphatic heterocycles. The molecule has 1 atom stereocenters. The third-order valence-electron chi connectivity index (χ3n) is 6.41. The number of nitrogens with zero attached hydrogens (tertiary/aromatic N) is 2. The van der Waals surface area contributed by atoms with Gasteiger partial charge in [0.25, 0.3) is 5.56 Å². The van der Waals surface area contributed by atoms with Gasteiger partial charge >= 0.3 is 11.9 Å². The number of allylic oxidation sites excluding steroid dienone is 1. The molecule has 10 heteroatoms. The van der Waals surface area contributed by atoms with Crippen LogP contribution in [0.25, 0.3) is 6.08 Å². The maximum absolute atomic E-state index is 14.0. The van der Waals surface area contributed by atoms with Crippen LogP contribution in [-0.2, 0) is 14.3 Å². The third-order valence-corrected chi connectivity index (χ3v) is 7.39. The number of aromatic nitrogens is 1. The van der Waals surface area contributed by atoms with Crippen LogP contribution in [0.3, 0.4) is 0 Å². The lowest BCUT2D eigenvalue weighted by molar-refractivity contribution is -0.139. The van der Waals surface area contributed by atoms with Crippen LogP contribution in [0.5, 0.6) is 23.0 Å². The Labute approximate surface area is 245 Å². The topological polar surface area (TPSA) is 105 Å². The summed E-state index contributed by atoms with van der Waals surface area (Å²) in [5.74, 6) is 0.740. The number of esters is 2. The summed E-state index contributed by atoms with van der Waals surface area (Å²) in [5.41, 5.74) is 1.67. The molecule has 1 aromatic heterocycles. The van der Waals surface area contributed by atoms with Crippen molar-refractivity contribution < 1.29 is 28.5 Å². The van der Waals surface area contributed by atoms with Gasteiger partial charge in [0.15, 0.2) is 16.3 Å². The van der Waals surface area contributed by atoms with Crippen molar-refractivity contribution in [2.24, 2.45) is 4.99 Å². The zero-order valence-corrected chi connectivity index (χ0v) is 24.3. The number of fused-ring (bicyclic) bond motifs is 1. The molecular weight excluding hydrogens is 556 g/mol. The average molecular weight is 585 g/mol. The fourth-order valence-corrected chi connectivity index (χ4v) is 5.69. The second-order valence-corrected chi connectivity index (χ2v) is 10.3. The molecular formula is C32H28N2O7S. The monoisotopic (exact) mass is 584 g/mol. The van der Waals surface area contributed by atoms with E-state index in [1.807, 2.05) is 54.6 Å². The maximum Gasteiger partial charge on any atom is 0.338 e.